The first-order valence-electron chi connectivity index (χ1n) is 6.28. The molecule has 2 rings (SSSR count). The highest BCUT2D eigenvalue weighted by atomic mass is 32.2. The molecule has 0 aliphatic heterocycles. The van der Waals surface area contributed by atoms with Crippen molar-refractivity contribution in [3.05, 3.63) is 58.0 Å². The number of hydrogen-bond acceptors (Lipinski definition) is 6. The Morgan fingerprint density at radius 2 is 1.91 bits per heavy atom. The van der Waals surface area contributed by atoms with Crippen molar-refractivity contribution in [2.24, 2.45) is 0 Å². The van der Waals surface area contributed by atoms with Gasteiger partial charge in [0.05, 0.1) is 9.82 Å². The van der Waals surface area contributed by atoms with E-state index in [2.05, 4.69) is 4.72 Å². The number of aryl methyl sites for hydroxylation is 1. The van der Waals surface area contributed by atoms with E-state index in [0.717, 1.165) is 24.3 Å². The lowest BCUT2D eigenvalue weighted by Crippen LogP contribution is -2.28. The summed E-state index contributed by atoms with van der Waals surface area (Å²) in [6, 6.07) is 7.67. The van der Waals surface area contributed by atoms with E-state index in [0.29, 0.717) is 5.76 Å². The average Bonchev–Trinajstić information content (AvgIpc) is 2.91. The fourth-order valence-electron chi connectivity index (χ4n) is 1.75. The topological polar surface area (TPSA) is 123 Å². The van der Waals surface area contributed by atoms with Crippen LogP contribution in [0.2, 0.25) is 0 Å². The Bertz CT molecular complexity index is 766. The summed E-state index contributed by atoms with van der Waals surface area (Å²) < 4.78 is 31.5. The maximum absolute atomic E-state index is 12.0. The van der Waals surface area contributed by atoms with Crippen LogP contribution in [0.15, 0.2) is 45.7 Å². The number of aliphatic hydroxyl groups excluding tert-OH is 1. The monoisotopic (exact) mass is 326 g/mol. The quantitative estimate of drug-likeness (QED) is 0.612. The van der Waals surface area contributed by atoms with Crippen molar-refractivity contribution < 1.29 is 22.9 Å². The van der Waals surface area contributed by atoms with Crippen LogP contribution in [0.3, 0.4) is 0 Å². The molecular weight excluding hydrogens is 312 g/mol. The molecule has 22 heavy (non-hydrogen) atoms. The van der Waals surface area contributed by atoms with Crippen molar-refractivity contribution in [3.63, 3.8) is 0 Å². The SMILES string of the molecule is Cc1ccc(C(O)CNS(=O)(=O)c2ccc([N+](=O)[O-])cc2)o1. The van der Waals surface area contributed by atoms with Gasteiger partial charge in [0, 0.05) is 18.7 Å². The van der Waals surface area contributed by atoms with E-state index in [9.17, 15) is 23.6 Å². The number of nitro benzene ring substituents is 1. The molecule has 0 radical (unpaired) electrons. The second kappa shape index (κ2) is 6.26. The van der Waals surface area contributed by atoms with E-state index in [-0.39, 0.29) is 22.9 Å². The van der Waals surface area contributed by atoms with Gasteiger partial charge in [-0.05, 0) is 31.2 Å². The van der Waals surface area contributed by atoms with Crippen molar-refractivity contribution in [2.75, 3.05) is 6.54 Å². The van der Waals surface area contributed by atoms with E-state index < -0.39 is 21.1 Å². The Labute approximate surface area is 126 Å². The van der Waals surface area contributed by atoms with Crippen molar-refractivity contribution in [1.82, 2.24) is 4.72 Å². The van der Waals surface area contributed by atoms with Gasteiger partial charge in [0.25, 0.3) is 5.69 Å². The third-order valence-electron chi connectivity index (χ3n) is 2.91. The summed E-state index contributed by atoms with van der Waals surface area (Å²) in [6.07, 6.45) is -1.12. The van der Waals surface area contributed by atoms with E-state index in [4.69, 9.17) is 4.42 Å². The molecule has 1 aromatic carbocycles. The fourth-order valence-corrected chi connectivity index (χ4v) is 2.79. The van der Waals surface area contributed by atoms with E-state index >= 15 is 0 Å². The molecule has 0 amide bonds. The molecule has 0 fully saturated rings. The van der Waals surface area contributed by atoms with E-state index in [1.165, 1.54) is 0 Å². The molecule has 0 spiro atoms. The number of nitrogens with one attached hydrogen (secondary N) is 1. The summed E-state index contributed by atoms with van der Waals surface area (Å²) in [4.78, 5) is 9.79. The Morgan fingerprint density at radius 3 is 2.41 bits per heavy atom. The van der Waals surface area contributed by atoms with Gasteiger partial charge in [-0.3, -0.25) is 10.1 Å². The molecule has 9 heteroatoms. The van der Waals surface area contributed by atoms with E-state index in [1.54, 1.807) is 19.1 Å². The molecule has 1 unspecified atom stereocenters. The first-order valence-corrected chi connectivity index (χ1v) is 7.76. The van der Waals surface area contributed by atoms with Gasteiger partial charge in [0.1, 0.15) is 17.6 Å². The van der Waals surface area contributed by atoms with Crippen LogP contribution < -0.4 is 4.72 Å². The predicted octanol–water partition coefficient (Wildman–Crippen LogP) is 1.51. The first kappa shape index (κ1) is 16.1. The van der Waals surface area contributed by atoms with Gasteiger partial charge < -0.3 is 9.52 Å². The van der Waals surface area contributed by atoms with Gasteiger partial charge in [0.15, 0.2) is 0 Å². The average molecular weight is 326 g/mol. The van der Waals surface area contributed by atoms with Crippen molar-refractivity contribution >= 4 is 15.7 Å². The van der Waals surface area contributed by atoms with Gasteiger partial charge in [-0.15, -0.1) is 0 Å². The number of nitro groups is 1. The molecule has 0 saturated heterocycles. The maximum atomic E-state index is 12.0. The highest BCUT2D eigenvalue weighted by Crippen LogP contribution is 2.18. The van der Waals surface area contributed by atoms with Gasteiger partial charge in [-0.25, -0.2) is 13.1 Å². The molecule has 8 nitrogen and oxygen atoms in total. The van der Waals surface area contributed by atoms with Crippen LogP contribution in [-0.2, 0) is 10.0 Å². The number of rotatable bonds is 6. The number of non-ortho nitro benzene ring substituents is 1. The summed E-state index contributed by atoms with van der Waals surface area (Å²) >= 11 is 0. The molecule has 0 aliphatic rings. The van der Waals surface area contributed by atoms with Crippen LogP contribution in [-0.4, -0.2) is 25.0 Å². The van der Waals surface area contributed by atoms with Crippen LogP contribution >= 0.6 is 0 Å². The minimum absolute atomic E-state index is 0.124. The molecule has 0 aliphatic carbocycles. The number of nitrogens with zero attached hydrogens (tertiary/aromatic N) is 1. The lowest BCUT2D eigenvalue weighted by molar-refractivity contribution is -0.384. The second-order valence-electron chi connectivity index (χ2n) is 4.57. The Hall–Kier alpha value is -2.23. The third-order valence-corrected chi connectivity index (χ3v) is 4.35. The Morgan fingerprint density at radius 1 is 1.27 bits per heavy atom. The highest BCUT2D eigenvalue weighted by Gasteiger charge is 2.19. The molecule has 1 atom stereocenters. The predicted molar refractivity (Wildman–Crippen MR) is 76.7 cm³/mol. The summed E-state index contributed by atoms with van der Waals surface area (Å²) in [7, 11) is -3.87. The zero-order valence-corrected chi connectivity index (χ0v) is 12.4. The van der Waals surface area contributed by atoms with Crippen LogP contribution in [0, 0.1) is 17.0 Å². The number of furan rings is 1. The normalized spacial score (nSPS) is 13.0. The van der Waals surface area contributed by atoms with Crippen molar-refractivity contribution in [3.8, 4) is 0 Å². The minimum atomic E-state index is -3.87. The first-order chi connectivity index (χ1) is 10.3. The van der Waals surface area contributed by atoms with Gasteiger partial charge in [0.2, 0.25) is 10.0 Å². The van der Waals surface area contributed by atoms with Gasteiger partial charge >= 0.3 is 0 Å². The number of benzene rings is 1. The van der Waals surface area contributed by atoms with Crippen molar-refractivity contribution in [2.45, 2.75) is 17.9 Å². The fraction of sp³-hybridized carbons (Fsp3) is 0.231. The summed E-state index contributed by atoms with van der Waals surface area (Å²) in [5, 5.41) is 20.4. The molecule has 0 bridgehead atoms. The van der Waals surface area contributed by atoms with Crippen LogP contribution in [0.25, 0.3) is 0 Å². The van der Waals surface area contributed by atoms with Crippen molar-refractivity contribution in [1.29, 1.82) is 0 Å². The zero-order chi connectivity index (χ0) is 16.3. The molecule has 2 N–H and O–H groups in total. The Kier molecular flexibility index (Phi) is 4.59. The van der Waals surface area contributed by atoms with Gasteiger partial charge in [-0.2, -0.15) is 0 Å². The standard InChI is InChI=1S/C13H14N2O6S/c1-9-2-7-13(21-9)12(16)8-14-22(19,20)11-5-3-10(4-6-11)15(17)18/h2-7,12,14,16H,8H2,1H3. The smallest absolute Gasteiger partial charge is 0.269 e. The number of sulfonamides is 1. The van der Waals surface area contributed by atoms with E-state index in [1.807, 2.05) is 0 Å². The molecular formula is C13H14N2O6S. The largest absolute Gasteiger partial charge is 0.464 e. The third kappa shape index (κ3) is 3.70. The molecule has 118 valence electrons. The maximum Gasteiger partial charge on any atom is 0.269 e. The summed E-state index contributed by atoms with van der Waals surface area (Å²) in [5.74, 6) is 0.858. The van der Waals surface area contributed by atoms with Crippen LogP contribution in [0.5, 0.6) is 0 Å². The highest BCUT2D eigenvalue weighted by molar-refractivity contribution is 7.89. The molecule has 2 aromatic rings. The number of aliphatic hydroxyl groups is 1. The van der Waals surface area contributed by atoms with Gasteiger partial charge in [-0.1, -0.05) is 0 Å². The minimum Gasteiger partial charge on any atom is -0.464 e. The lowest BCUT2D eigenvalue weighted by Gasteiger charge is -2.10. The van der Waals surface area contributed by atoms with Crippen LogP contribution in [0.1, 0.15) is 17.6 Å². The number of hydrogen-bond donors (Lipinski definition) is 2. The lowest BCUT2D eigenvalue weighted by atomic mass is 10.3. The summed E-state index contributed by atoms with van der Waals surface area (Å²) in [5.41, 5.74) is -0.204. The summed E-state index contributed by atoms with van der Waals surface area (Å²) in [6.45, 7) is 1.43. The second-order valence-corrected chi connectivity index (χ2v) is 6.33. The van der Waals surface area contributed by atoms with Crippen LogP contribution in [0.4, 0.5) is 5.69 Å². The molecule has 0 saturated carbocycles. The Balaban J connectivity index is 2.06. The molecule has 1 aromatic heterocycles. The zero-order valence-electron chi connectivity index (χ0n) is 11.6. The molecule has 1 heterocycles.